The maximum Gasteiger partial charge on any atom is 0.138 e. The number of hydrogen-bond donors (Lipinski definition) is 2. The fraction of sp³-hybridized carbons (Fsp3) is 0.556. The van der Waals surface area contributed by atoms with Crippen molar-refractivity contribution < 1.29 is 14.6 Å². The van der Waals surface area contributed by atoms with Crippen LogP contribution in [-0.4, -0.2) is 16.3 Å². The Kier molecular flexibility index (Phi) is 2.89. The van der Waals surface area contributed by atoms with Crippen LogP contribution in [0.5, 0.6) is 0 Å². The van der Waals surface area contributed by atoms with Gasteiger partial charge in [-0.05, 0) is 18.1 Å². The second-order valence-electron chi connectivity index (χ2n) is 3.19. The highest BCUT2D eigenvalue weighted by molar-refractivity contribution is 5.03. The highest BCUT2D eigenvalue weighted by atomic mass is 16.4. The molecule has 0 amide bonds. The van der Waals surface area contributed by atoms with Crippen LogP contribution in [0.3, 0.4) is 0 Å². The molecule has 0 spiro atoms. The molecule has 1 heterocycles. The van der Waals surface area contributed by atoms with Gasteiger partial charge in [0.25, 0.3) is 0 Å². The Morgan fingerprint density at radius 2 is 2.00 bits per heavy atom. The van der Waals surface area contributed by atoms with E-state index in [1.54, 1.807) is 12.1 Å². The van der Waals surface area contributed by atoms with Crippen molar-refractivity contribution in [3.8, 4) is 0 Å². The maximum atomic E-state index is 9.50. The maximum absolute atomic E-state index is 9.50. The van der Waals surface area contributed by atoms with Crippen molar-refractivity contribution in [1.29, 1.82) is 0 Å². The van der Waals surface area contributed by atoms with Crippen LogP contribution < -0.4 is 0 Å². The molecule has 0 aliphatic heterocycles. The van der Waals surface area contributed by atoms with E-state index < -0.39 is 12.2 Å². The first-order valence-electron chi connectivity index (χ1n) is 4.02. The second-order valence-corrected chi connectivity index (χ2v) is 3.19. The van der Waals surface area contributed by atoms with Crippen molar-refractivity contribution in [2.45, 2.75) is 26.1 Å². The minimum Gasteiger partial charge on any atom is -0.466 e. The molecule has 0 saturated carbocycles. The first-order chi connectivity index (χ1) is 5.63. The van der Waals surface area contributed by atoms with Crippen LogP contribution in [0.1, 0.15) is 25.7 Å². The molecule has 1 aromatic rings. The third-order valence-electron chi connectivity index (χ3n) is 1.84. The first-order valence-corrected chi connectivity index (χ1v) is 4.02. The molecular weight excluding hydrogens is 156 g/mol. The zero-order chi connectivity index (χ0) is 9.14. The molecule has 1 rings (SSSR count). The largest absolute Gasteiger partial charge is 0.466 e. The van der Waals surface area contributed by atoms with E-state index in [0.29, 0.717) is 5.76 Å². The Morgan fingerprint density at radius 3 is 2.42 bits per heavy atom. The SMILES string of the molecule is CC(C)[C@@H](O)[C@@H](O)c1ccco1. The molecule has 12 heavy (non-hydrogen) atoms. The van der Waals surface area contributed by atoms with Gasteiger partial charge in [0.2, 0.25) is 0 Å². The number of hydrogen-bond acceptors (Lipinski definition) is 3. The average molecular weight is 170 g/mol. The Labute approximate surface area is 71.6 Å². The summed E-state index contributed by atoms with van der Waals surface area (Å²) in [7, 11) is 0. The van der Waals surface area contributed by atoms with Crippen molar-refractivity contribution in [1.82, 2.24) is 0 Å². The van der Waals surface area contributed by atoms with Gasteiger partial charge in [-0.2, -0.15) is 0 Å². The molecule has 2 atom stereocenters. The zero-order valence-corrected chi connectivity index (χ0v) is 7.27. The van der Waals surface area contributed by atoms with E-state index in [9.17, 15) is 10.2 Å². The first kappa shape index (κ1) is 9.29. The minimum atomic E-state index is -0.917. The fourth-order valence-electron chi connectivity index (χ4n) is 0.992. The van der Waals surface area contributed by atoms with Gasteiger partial charge in [-0.15, -0.1) is 0 Å². The van der Waals surface area contributed by atoms with Crippen LogP contribution in [0.4, 0.5) is 0 Å². The minimum absolute atomic E-state index is 0.0186. The topological polar surface area (TPSA) is 53.6 Å². The van der Waals surface area contributed by atoms with Crippen molar-refractivity contribution in [3.05, 3.63) is 24.2 Å². The molecule has 1 aromatic heterocycles. The van der Waals surface area contributed by atoms with Gasteiger partial charge in [0.05, 0.1) is 12.4 Å². The standard InChI is InChI=1S/C9H14O3/c1-6(2)8(10)9(11)7-4-3-5-12-7/h3-6,8-11H,1-2H3/t8-,9+/m1/s1. The average Bonchev–Trinajstić information content (AvgIpc) is 2.53. The van der Waals surface area contributed by atoms with Crippen LogP contribution in [0.15, 0.2) is 22.8 Å². The summed E-state index contributed by atoms with van der Waals surface area (Å²) in [4.78, 5) is 0. The molecule has 3 nitrogen and oxygen atoms in total. The van der Waals surface area contributed by atoms with Gasteiger partial charge in [-0.1, -0.05) is 13.8 Å². The number of aliphatic hydroxyl groups excluding tert-OH is 2. The Morgan fingerprint density at radius 1 is 1.33 bits per heavy atom. The molecule has 68 valence electrons. The van der Waals surface area contributed by atoms with Crippen molar-refractivity contribution >= 4 is 0 Å². The van der Waals surface area contributed by atoms with Crippen LogP contribution in [0.25, 0.3) is 0 Å². The molecule has 0 saturated heterocycles. The molecule has 0 bridgehead atoms. The lowest BCUT2D eigenvalue weighted by atomic mass is 10.0. The molecular formula is C9H14O3. The number of furan rings is 1. The Balaban J connectivity index is 2.65. The smallest absolute Gasteiger partial charge is 0.138 e. The monoisotopic (exact) mass is 170 g/mol. The Bertz CT molecular complexity index is 216. The van der Waals surface area contributed by atoms with Gasteiger partial charge in [-0.3, -0.25) is 0 Å². The van der Waals surface area contributed by atoms with Gasteiger partial charge in [0.1, 0.15) is 11.9 Å². The van der Waals surface area contributed by atoms with Crippen molar-refractivity contribution in [2.24, 2.45) is 5.92 Å². The van der Waals surface area contributed by atoms with E-state index >= 15 is 0 Å². The normalized spacial score (nSPS) is 16.4. The molecule has 0 unspecified atom stereocenters. The van der Waals surface area contributed by atoms with E-state index in [1.807, 2.05) is 13.8 Å². The molecule has 0 aromatic carbocycles. The highest BCUT2D eigenvalue weighted by Gasteiger charge is 2.23. The summed E-state index contributed by atoms with van der Waals surface area (Å²) in [6, 6.07) is 3.34. The molecule has 3 heteroatoms. The number of aliphatic hydroxyl groups is 2. The van der Waals surface area contributed by atoms with Crippen LogP contribution in [0.2, 0.25) is 0 Å². The summed E-state index contributed by atoms with van der Waals surface area (Å²) in [6.07, 6.45) is -0.206. The summed E-state index contributed by atoms with van der Waals surface area (Å²) in [6.45, 7) is 3.69. The second kappa shape index (κ2) is 3.74. The van der Waals surface area contributed by atoms with E-state index in [0.717, 1.165) is 0 Å². The Hall–Kier alpha value is -0.800. The lowest BCUT2D eigenvalue weighted by Crippen LogP contribution is -2.23. The summed E-state index contributed by atoms with van der Waals surface area (Å²) in [5, 5.41) is 19.0. The van der Waals surface area contributed by atoms with Gasteiger partial charge in [0, 0.05) is 0 Å². The predicted octanol–water partition coefficient (Wildman–Crippen LogP) is 1.33. The van der Waals surface area contributed by atoms with Gasteiger partial charge in [-0.25, -0.2) is 0 Å². The van der Waals surface area contributed by atoms with Crippen molar-refractivity contribution in [3.63, 3.8) is 0 Å². The van der Waals surface area contributed by atoms with Gasteiger partial charge in [0.15, 0.2) is 0 Å². The van der Waals surface area contributed by atoms with Crippen LogP contribution >= 0.6 is 0 Å². The molecule has 0 radical (unpaired) electrons. The third kappa shape index (κ3) is 1.87. The van der Waals surface area contributed by atoms with Crippen LogP contribution in [-0.2, 0) is 0 Å². The number of rotatable bonds is 3. The summed E-state index contributed by atoms with van der Waals surface area (Å²) < 4.78 is 4.96. The molecule has 0 aliphatic rings. The van der Waals surface area contributed by atoms with E-state index in [1.165, 1.54) is 6.26 Å². The summed E-state index contributed by atoms with van der Waals surface area (Å²) in [5.41, 5.74) is 0. The lowest BCUT2D eigenvalue weighted by Gasteiger charge is -2.18. The summed E-state index contributed by atoms with van der Waals surface area (Å²) in [5.74, 6) is 0.432. The van der Waals surface area contributed by atoms with Gasteiger partial charge < -0.3 is 14.6 Å². The molecule has 0 fully saturated rings. The predicted molar refractivity (Wildman–Crippen MR) is 44.5 cm³/mol. The quantitative estimate of drug-likeness (QED) is 0.719. The van der Waals surface area contributed by atoms with E-state index in [4.69, 9.17) is 4.42 Å². The highest BCUT2D eigenvalue weighted by Crippen LogP contribution is 2.21. The lowest BCUT2D eigenvalue weighted by molar-refractivity contribution is -0.0204. The summed E-state index contributed by atoms with van der Waals surface area (Å²) >= 11 is 0. The van der Waals surface area contributed by atoms with Crippen molar-refractivity contribution in [2.75, 3.05) is 0 Å². The van der Waals surface area contributed by atoms with E-state index in [2.05, 4.69) is 0 Å². The van der Waals surface area contributed by atoms with Gasteiger partial charge >= 0.3 is 0 Å². The zero-order valence-electron chi connectivity index (χ0n) is 7.27. The molecule has 2 N–H and O–H groups in total. The molecule has 0 aliphatic carbocycles. The van der Waals surface area contributed by atoms with Crippen LogP contribution in [0, 0.1) is 5.92 Å². The third-order valence-corrected chi connectivity index (χ3v) is 1.84. The van der Waals surface area contributed by atoms with E-state index in [-0.39, 0.29) is 5.92 Å². The fourth-order valence-corrected chi connectivity index (χ4v) is 0.992.